The molecule has 0 saturated carbocycles. The van der Waals surface area contributed by atoms with Crippen LogP contribution in [0.3, 0.4) is 0 Å². The molecule has 2 fully saturated rings. The molecule has 10 heteroatoms. The van der Waals surface area contributed by atoms with E-state index in [-0.39, 0.29) is 30.9 Å². The molecule has 0 aromatic heterocycles. The standard InChI is InChI=1S/C25H25F2N3O4.C2H7N/c26-17-4-3-15(21(27)11-17)12-29-9-1-2-19(14-29)34-18-5-6-20-16(10-18)13-30(25(20)33)22-7-8-23(31)28-24(22)32;1-2-3/h3-6,10-11,19,22H,1-2,7-9,12-14H2,(H,28,31,32);2-3H2,1H3. The number of fused-ring (bicyclic) bond motifs is 1. The van der Waals surface area contributed by atoms with Crippen LogP contribution in [0.25, 0.3) is 0 Å². The zero-order valence-corrected chi connectivity index (χ0v) is 20.8. The second-order valence-corrected chi connectivity index (χ2v) is 9.48. The summed E-state index contributed by atoms with van der Waals surface area (Å²) in [4.78, 5) is 40.1. The van der Waals surface area contributed by atoms with Crippen LogP contribution >= 0.6 is 0 Å². The summed E-state index contributed by atoms with van der Waals surface area (Å²) in [5.74, 6) is -1.48. The number of nitrogens with one attached hydrogen (secondary N) is 1. The highest BCUT2D eigenvalue weighted by atomic mass is 19.1. The van der Waals surface area contributed by atoms with E-state index in [1.54, 1.807) is 12.1 Å². The molecule has 198 valence electrons. The zero-order chi connectivity index (χ0) is 26.5. The molecular formula is C27H32F2N4O4. The van der Waals surface area contributed by atoms with Gasteiger partial charge in [-0.05, 0) is 62.2 Å². The molecule has 3 aliphatic heterocycles. The lowest BCUT2D eigenvalue weighted by Gasteiger charge is -2.33. The SMILES string of the molecule is CCN.O=C1CCC(N2Cc3cc(OC4CCCN(Cc5ccc(F)cc5F)C4)ccc3C2=O)C(=O)N1. The van der Waals surface area contributed by atoms with Gasteiger partial charge < -0.3 is 15.4 Å². The number of halogens is 2. The lowest BCUT2D eigenvalue weighted by atomic mass is 10.0. The number of nitrogens with zero attached hydrogens (tertiary/aromatic N) is 2. The van der Waals surface area contributed by atoms with Gasteiger partial charge in [-0.15, -0.1) is 0 Å². The van der Waals surface area contributed by atoms with Gasteiger partial charge in [0.2, 0.25) is 11.8 Å². The Morgan fingerprint density at radius 1 is 1.11 bits per heavy atom. The summed E-state index contributed by atoms with van der Waals surface area (Å²) in [6.07, 6.45) is 2.17. The summed E-state index contributed by atoms with van der Waals surface area (Å²) in [5, 5.41) is 2.30. The first-order chi connectivity index (χ1) is 17.8. The number of likely N-dealkylation sites (tertiary alicyclic amines) is 1. The van der Waals surface area contributed by atoms with Gasteiger partial charge in [0.25, 0.3) is 5.91 Å². The molecule has 0 spiro atoms. The maximum Gasteiger partial charge on any atom is 0.255 e. The molecule has 0 radical (unpaired) electrons. The van der Waals surface area contributed by atoms with E-state index >= 15 is 0 Å². The van der Waals surface area contributed by atoms with Crippen LogP contribution in [0.1, 0.15) is 54.1 Å². The maximum absolute atomic E-state index is 14.0. The highest BCUT2D eigenvalue weighted by Gasteiger charge is 2.39. The van der Waals surface area contributed by atoms with Crippen molar-refractivity contribution in [3.8, 4) is 5.75 Å². The fraction of sp³-hybridized carbons (Fsp3) is 0.444. The van der Waals surface area contributed by atoms with Crippen molar-refractivity contribution >= 4 is 17.7 Å². The Kier molecular flexibility index (Phi) is 8.50. The molecule has 3 amide bonds. The van der Waals surface area contributed by atoms with Crippen LogP contribution in [-0.2, 0) is 22.7 Å². The lowest BCUT2D eigenvalue weighted by Crippen LogP contribution is -2.52. The van der Waals surface area contributed by atoms with Gasteiger partial charge in [0.05, 0.1) is 0 Å². The van der Waals surface area contributed by atoms with E-state index in [1.807, 2.05) is 13.0 Å². The third-order valence-corrected chi connectivity index (χ3v) is 6.67. The number of piperidine rings is 2. The van der Waals surface area contributed by atoms with E-state index in [2.05, 4.69) is 10.2 Å². The predicted molar refractivity (Wildman–Crippen MR) is 133 cm³/mol. The van der Waals surface area contributed by atoms with Crippen molar-refractivity contribution in [3.63, 3.8) is 0 Å². The summed E-state index contributed by atoms with van der Waals surface area (Å²) in [5.41, 5.74) is 6.62. The lowest BCUT2D eigenvalue weighted by molar-refractivity contribution is -0.136. The number of nitrogens with two attached hydrogens (primary N) is 1. The average Bonchev–Trinajstić information content (AvgIpc) is 3.17. The van der Waals surface area contributed by atoms with Crippen LogP contribution in [0.15, 0.2) is 36.4 Å². The van der Waals surface area contributed by atoms with E-state index in [0.29, 0.717) is 36.4 Å². The van der Waals surface area contributed by atoms with Gasteiger partial charge in [-0.2, -0.15) is 0 Å². The minimum Gasteiger partial charge on any atom is -0.489 e. The van der Waals surface area contributed by atoms with Crippen LogP contribution in [-0.4, -0.2) is 59.3 Å². The van der Waals surface area contributed by atoms with E-state index in [4.69, 9.17) is 10.5 Å². The molecule has 5 rings (SSSR count). The number of rotatable bonds is 5. The van der Waals surface area contributed by atoms with Crippen molar-refractivity contribution in [1.29, 1.82) is 0 Å². The molecule has 2 atom stereocenters. The Morgan fingerprint density at radius 3 is 2.62 bits per heavy atom. The molecule has 2 aromatic carbocycles. The van der Waals surface area contributed by atoms with Crippen LogP contribution in [0.2, 0.25) is 0 Å². The summed E-state index contributed by atoms with van der Waals surface area (Å²) >= 11 is 0. The summed E-state index contributed by atoms with van der Waals surface area (Å²) in [6, 6.07) is 8.29. The van der Waals surface area contributed by atoms with Gasteiger partial charge in [0.1, 0.15) is 29.5 Å². The molecule has 0 aliphatic carbocycles. The van der Waals surface area contributed by atoms with Crippen molar-refractivity contribution in [2.24, 2.45) is 5.73 Å². The van der Waals surface area contributed by atoms with Crippen LogP contribution < -0.4 is 15.8 Å². The number of hydrogen-bond donors (Lipinski definition) is 2. The zero-order valence-electron chi connectivity index (χ0n) is 20.8. The van der Waals surface area contributed by atoms with Crippen molar-refractivity contribution in [1.82, 2.24) is 15.1 Å². The molecule has 2 unspecified atom stereocenters. The number of carbonyl (C=O) groups is 3. The molecule has 37 heavy (non-hydrogen) atoms. The third kappa shape index (κ3) is 6.31. The van der Waals surface area contributed by atoms with Crippen molar-refractivity contribution in [2.75, 3.05) is 19.6 Å². The van der Waals surface area contributed by atoms with E-state index < -0.39 is 23.6 Å². The number of ether oxygens (including phenoxy) is 1. The highest BCUT2D eigenvalue weighted by Crippen LogP contribution is 2.31. The summed E-state index contributed by atoms with van der Waals surface area (Å²) in [7, 11) is 0. The molecule has 3 aliphatic rings. The first-order valence-corrected chi connectivity index (χ1v) is 12.6. The molecule has 8 nitrogen and oxygen atoms in total. The Labute approximate surface area is 214 Å². The monoisotopic (exact) mass is 514 g/mol. The molecular weight excluding hydrogens is 482 g/mol. The number of benzene rings is 2. The number of amides is 3. The van der Waals surface area contributed by atoms with Gasteiger partial charge >= 0.3 is 0 Å². The minimum absolute atomic E-state index is 0.0985. The second kappa shape index (κ2) is 11.8. The van der Waals surface area contributed by atoms with Crippen molar-refractivity contribution < 1.29 is 27.9 Å². The smallest absolute Gasteiger partial charge is 0.255 e. The van der Waals surface area contributed by atoms with Gasteiger partial charge in [0, 0.05) is 43.2 Å². The largest absolute Gasteiger partial charge is 0.489 e. The Hall–Kier alpha value is -3.37. The molecule has 3 heterocycles. The number of hydrogen-bond acceptors (Lipinski definition) is 6. The van der Waals surface area contributed by atoms with Crippen molar-refractivity contribution in [2.45, 2.75) is 57.8 Å². The first kappa shape index (κ1) is 26.7. The predicted octanol–water partition coefficient (Wildman–Crippen LogP) is 2.73. The fourth-order valence-corrected chi connectivity index (χ4v) is 4.96. The quantitative estimate of drug-likeness (QED) is 0.595. The normalized spacial score (nSPS) is 21.7. The van der Waals surface area contributed by atoms with Crippen LogP contribution in [0.4, 0.5) is 8.78 Å². The second-order valence-electron chi connectivity index (χ2n) is 9.48. The maximum atomic E-state index is 14.0. The van der Waals surface area contributed by atoms with E-state index in [1.165, 1.54) is 17.0 Å². The third-order valence-electron chi connectivity index (χ3n) is 6.67. The Bertz CT molecular complexity index is 1180. The minimum atomic E-state index is -0.652. The molecule has 0 bridgehead atoms. The van der Waals surface area contributed by atoms with Gasteiger partial charge in [-0.3, -0.25) is 24.6 Å². The van der Waals surface area contributed by atoms with Gasteiger partial charge in [0.15, 0.2) is 0 Å². The highest BCUT2D eigenvalue weighted by molar-refractivity contribution is 6.05. The molecule has 3 N–H and O–H groups in total. The topological polar surface area (TPSA) is 105 Å². The van der Waals surface area contributed by atoms with Crippen LogP contribution in [0, 0.1) is 11.6 Å². The number of imide groups is 1. The molecule has 2 aromatic rings. The van der Waals surface area contributed by atoms with Crippen LogP contribution in [0.5, 0.6) is 5.75 Å². The number of carbonyl (C=O) groups excluding carboxylic acids is 3. The fourth-order valence-electron chi connectivity index (χ4n) is 4.96. The van der Waals surface area contributed by atoms with Gasteiger partial charge in [-0.25, -0.2) is 8.78 Å². The summed E-state index contributed by atoms with van der Waals surface area (Å²) in [6.45, 7) is 4.73. The Balaban J connectivity index is 0.00000102. The van der Waals surface area contributed by atoms with E-state index in [0.717, 1.165) is 37.6 Å². The average molecular weight is 515 g/mol. The van der Waals surface area contributed by atoms with E-state index in [9.17, 15) is 23.2 Å². The van der Waals surface area contributed by atoms with Gasteiger partial charge in [-0.1, -0.05) is 13.0 Å². The van der Waals surface area contributed by atoms with Crippen molar-refractivity contribution in [3.05, 3.63) is 64.7 Å². The first-order valence-electron chi connectivity index (χ1n) is 12.6. The summed E-state index contributed by atoms with van der Waals surface area (Å²) < 4.78 is 33.4. The molecule has 2 saturated heterocycles. The Morgan fingerprint density at radius 2 is 1.89 bits per heavy atom.